The monoisotopic (exact) mass is 378 g/mol. The Hall–Kier alpha value is -1.69. The van der Waals surface area contributed by atoms with Gasteiger partial charge in [0, 0.05) is 18.7 Å². The minimum atomic E-state index is -0.0715. The molecule has 0 radical (unpaired) electrons. The van der Waals surface area contributed by atoms with E-state index in [0.29, 0.717) is 21.9 Å². The first-order valence-corrected chi connectivity index (χ1v) is 9.19. The summed E-state index contributed by atoms with van der Waals surface area (Å²) in [5.41, 5.74) is 1.02. The highest BCUT2D eigenvalue weighted by atomic mass is 35.5. The van der Waals surface area contributed by atoms with Crippen molar-refractivity contribution >= 4 is 35.4 Å². The van der Waals surface area contributed by atoms with Gasteiger partial charge in [-0.15, -0.1) is 23.7 Å². The normalized spacial score (nSPS) is 17.0. The van der Waals surface area contributed by atoms with E-state index in [2.05, 4.69) is 5.32 Å². The van der Waals surface area contributed by atoms with Crippen molar-refractivity contribution in [3.05, 3.63) is 57.8 Å². The molecule has 25 heavy (non-hydrogen) atoms. The molecule has 0 bridgehead atoms. The maximum Gasteiger partial charge on any atom is 0.254 e. The fourth-order valence-corrected chi connectivity index (χ4v) is 3.96. The molecule has 1 aromatic carbocycles. The number of benzene rings is 1. The van der Waals surface area contributed by atoms with E-state index >= 15 is 0 Å². The SMILES string of the molecule is CNCC1CCCN(C(=O)c2ccccc2C(=O)c2cccs2)C1.Cl. The molecule has 1 N–H and O–H groups in total. The molecule has 2 heterocycles. The van der Waals surface area contributed by atoms with Gasteiger partial charge in [0.1, 0.15) is 0 Å². The van der Waals surface area contributed by atoms with Crippen LogP contribution in [0, 0.1) is 5.92 Å². The molecule has 6 heteroatoms. The first-order valence-electron chi connectivity index (χ1n) is 8.32. The molecule has 1 aromatic heterocycles. The van der Waals surface area contributed by atoms with Crippen LogP contribution in [-0.4, -0.2) is 43.3 Å². The number of halogens is 1. The number of thiophene rings is 1. The molecule has 1 fully saturated rings. The van der Waals surface area contributed by atoms with Gasteiger partial charge in [-0.1, -0.05) is 24.3 Å². The lowest BCUT2D eigenvalue weighted by Crippen LogP contribution is -2.42. The van der Waals surface area contributed by atoms with Gasteiger partial charge in [-0.3, -0.25) is 9.59 Å². The first-order chi connectivity index (χ1) is 11.7. The largest absolute Gasteiger partial charge is 0.338 e. The Morgan fingerprint density at radius 1 is 1.20 bits per heavy atom. The maximum atomic E-state index is 13.0. The highest BCUT2D eigenvalue weighted by Gasteiger charge is 2.27. The average Bonchev–Trinajstić information content (AvgIpc) is 3.16. The number of carbonyl (C=O) groups is 2. The van der Waals surface area contributed by atoms with Gasteiger partial charge < -0.3 is 10.2 Å². The molecule has 4 nitrogen and oxygen atoms in total. The highest BCUT2D eigenvalue weighted by molar-refractivity contribution is 7.12. The van der Waals surface area contributed by atoms with E-state index in [4.69, 9.17) is 0 Å². The number of nitrogens with one attached hydrogen (secondary N) is 1. The minimum Gasteiger partial charge on any atom is -0.338 e. The van der Waals surface area contributed by atoms with E-state index < -0.39 is 0 Å². The zero-order chi connectivity index (χ0) is 16.9. The molecular formula is C19H23ClN2O2S. The zero-order valence-corrected chi connectivity index (χ0v) is 15.9. The van der Waals surface area contributed by atoms with Gasteiger partial charge in [0.05, 0.1) is 10.4 Å². The zero-order valence-electron chi connectivity index (χ0n) is 14.2. The van der Waals surface area contributed by atoms with Crippen LogP contribution in [0.3, 0.4) is 0 Å². The van der Waals surface area contributed by atoms with Gasteiger partial charge in [0.15, 0.2) is 0 Å². The van der Waals surface area contributed by atoms with Gasteiger partial charge in [0.25, 0.3) is 5.91 Å². The van der Waals surface area contributed by atoms with Gasteiger partial charge >= 0.3 is 0 Å². The third kappa shape index (κ3) is 4.48. The molecule has 2 aromatic rings. The number of piperidine rings is 1. The van der Waals surface area contributed by atoms with Gasteiger partial charge in [-0.2, -0.15) is 0 Å². The Balaban J connectivity index is 0.00000225. The molecule has 0 aliphatic carbocycles. The third-order valence-electron chi connectivity index (χ3n) is 4.45. The second-order valence-electron chi connectivity index (χ2n) is 6.17. The van der Waals surface area contributed by atoms with Crippen molar-refractivity contribution in [1.29, 1.82) is 0 Å². The van der Waals surface area contributed by atoms with Crippen LogP contribution in [-0.2, 0) is 0 Å². The summed E-state index contributed by atoms with van der Waals surface area (Å²) in [4.78, 5) is 28.3. The molecule has 1 aliphatic rings. The lowest BCUT2D eigenvalue weighted by molar-refractivity contribution is 0.0671. The molecule has 1 saturated heterocycles. The number of hydrogen-bond acceptors (Lipinski definition) is 4. The molecule has 1 amide bonds. The Labute approximate surface area is 158 Å². The molecule has 134 valence electrons. The average molecular weight is 379 g/mol. The standard InChI is InChI=1S/C19H22N2O2S.ClH/c1-20-12-14-6-4-10-21(13-14)19(23)16-8-3-2-7-15(16)18(22)17-9-5-11-24-17;/h2-3,5,7-9,11,14,20H,4,6,10,12-13H2,1H3;1H. The van der Waals surface area contributed by atoms with Crippen LogP contribution in [0.2, 0.25) is 0 Å². The predicted octanol–water partition coefficient (Wildman–Crippen LogP) is 3.47. The fourth-order valence-electron chi connectivity index (χ4n) is 3.28. The lowest BCUT2D eigenvalue weighted by atomic mass is 9.96. The Morgan fingerprint density at radius 2 is 1.96 bits per heavy atom. The van der Waals surface area contributed by atoms with Gasteiger partial charge in [-0.05, 0) is 49.9 Å². The van der Waals surface area contributed by atoms with Crippen molar-refractivity contribution in [3.8, 4) is 0 Å². The topological polar surface area (TPSA) is 49.4 Å². The second-order valence-corrected chi connectivity index (χ2v) is 7.12. The van der Waals surface area contributed by atoms with Gasteiger partial charge in [0.2, 0.25) is 5.78 Å². The maximum absolute atomic E-state index is 13.0. The van der Waals surface area contributed by atoms with Gasteiger partial charge in [-0.25, -0.2) is 0 Å². The minimum absolute atomic E-state index is 0. The fraction of sp³-hybridized carbons (Fsp3) is 0.368. The van der Waals surface area contributed by atoms with Crippen LogP contribution in [0.1, 0.15) is 38.4 Å². The van der Waals surface area contributed by atoms with Crippen molar-refractivity contribution in [3.63, 3.8) is 0 Å². The van der Waals surface area contributed by atoms with E-state index in [1.807, 2.05) is 35.5 Å². The van der Waals surface area contributed by atoms with Crippen LogP contribution in [0.4, 0.5) is 0 Å². The number of hydrogen-bond donors (Lipinski definition) is 1. The number of ketones is 1. The van der Waals surface area contributed by atoms with Crippen LogP contribution in [0.25, 0.3) is 0 Å². The number of carbonyl (C=O) groups excluding carboxylic acids is 2. The summed E-state index contributed by atoms with van der Waals surface area (Å²) in [6.07, 6.45) is 2.15. The van der Waals surface area contributed by atoms with Crippen molar-refractivity contribution in [2.24, 2.45) is 5.92 Å². The number of rotatable bonds is 5. The predicted molar refractivity (Wildman–Crippen MR) is 104 cm³/mol. The van der Waals surface area contributed by atoms with Crippen LogP contribution in [0.15, 0.2) is 41.8 Å². The van der Waals surface area contributed by atoms with E-state index in [0.717, 1.165) is 32.5 Å². The van der Waals surface area contributed by atoms with E-state index in [1.165, 1.54) is 11.3 Å². The summed E-state index contributed by atoms with van der Waals surface area (Å²) in [7, 11) is 1.94. The summed E-state index contributed by atoms with van der Waals surface area (Å²) >= 11 is 1.41. The van der Waals surface area contributed by atoms with Crippen LogP contribution >= 0.6 is 23.7 Å². The summed E-state index contributed by atoms with van der Waals surface area (Å²) < 4.78 is 0. The molecule has 1 aliphatic heterocycles. The first kappa shape index (κ1) is 19.6. The van der Waals surface area contributed by atoms with Crippen molar-refractivity contribution in [2.75, 3.05) is 26.7 Å². The Bertz CT molecular complexity index is 716. The van der Waals surface area contributed by atoms with E-state index in [9.17, 15) is 9.59 Å². The summed E-state index contributed by atoms with van der Waals surface area (Å²) in [5.74, 6) is 0.377. The summed E-state index contributed by atoms with van der Waals surface area (Å²) in [6.45, 7) is 2.43. The smallest absolute Gasteiger partial charge is 0.254 e. The quantitative estimate of drug-likeness (QED) is 0.810. The Morgan fingerprint density at radius 3 is 2.64 bits per heavy atom. The third-order valence-corrected chi connectivity index (χ3v) is 5.31. The van der Waals surface area contributed by atoms with E-state index in [-0.39, 0.29) is 24.1 Å². The highest BCUT2D eigenvalue weighted by Crippen LogP contribution is 2.22. The molecular weight excluding hydrogens is 356 g/mol. The molecule has 3 rings (SSSR count). The molecule has 1 atom stereocenters. The summed E-state index contributed by atoms with van der Waals surface area (Å²) in [6, 6.07) is 10.8. The van der Waals surface area contributed by atoms with E-state index in [1.54, 1.807) is 18.2 Å². The second kappa shape index (κ2) is 9.13. The van der Waals surface area contributed by atoms with Crippen LogP contribution < -0.4 is 5.32 Å². The van der Waals surface area contributed by atoms with Crippen molar-refractivity contribution < 1.29 is 9.59 Å². The number of amides is 1. The number of likely N-dealkylation sites (tertiary alicyclic amines) is 1. The Kier molecular flexibility index (Phi) is 7.17. The molecule has 1 unspecified atom stereocenters. The van der Waals surface area contributed by atoms with Crippen molar-refractivity contribution in [2.45, 2.75) is 12.8 Å². The summed E-state index contributed by atoms with van der Waals surface area (Å²) in [5, 5.41) is 5.07. The molecule has 0 spiro atoms. The van der Waals surface area contributed by atoms with Crippen LogP contribution in [0.5, 0.6) is 0 Å². The number of nitrogens with zero attached hydrogens (tertiary/aromatic N) is 1. The molecule has 0 saturated carbocycles. The van der Waals surface area contributed by atoms with Crippen molar-refractivity contribution in [1.82, 2.24) is 10.2 Å². The lowest BCUT2D eigenvalue weighted by Gasteiger charge is -2.33.